The average molecular weight is 520 g/mol. The highest BCUT2D eigenvalue weighted by Gasteiger charge is 2.30. The first-order valence-electron chi connectivity index (χ1n) is 12.2. The van der Waals surface area contributed by atoms with Gasteiger partial charge in [-0.25, -0.2) is 18.7 Å². The van der Waals surface area contributed by atoms with Crippen molar-refractivity contribution in [3.63, 3.8) is 0 Å². The average Bonchev–Trinajstić information content (AvgIpc) is 2.99. The van der Waals surface area contributed by atoms with Crippen LogP contribution in [0.5, 0.6) is 0 Å². The summed E-state index contributed by atoms with van der Waals surface area (Å²) in [7, 11) is 0. The molecular formula is C24H28ClF2N7O2. The molecule has 1 unspecified atom stereocenters. The van der Waals surface area contributed by atoms with Crippen LogP contribution in [-0.2, 0) is 9.53 Å². The molecule has 36 heavy (non-hydrogen) atoms. The molecule has 2 fully saturated rings. The van der Waals surface area contributed by atoms with Crippen LogP contribution in [0, 0.1) is 17.6 Å². The van der Waals surface area contributed by atoms with E-state index in [1.807, 2.05) is 4.57 Å². The van der Waals surface area contributed by atoms with Gasteiger partial charge in [0.15, 0.2) is 17.3 Å². The van der Waals surface area contributed by atoms with E-state index in [1.165, 1.54) is 0 Å². The molecule has 12 heteroatoms. The van der Waals surface area contributed by atoms with E-state index in [2.05, 4.69) is 20.6 Å². The van der Waals surface area contributed by atoms with Gasteiger partial charge in [-0.2, -0.15) is 4.98 Å². The molecule has 1 aromatic carbocycles. The number of amides is 1. The van der Waals surface area contributed by atoms with Gasteiger partial charge >= 0.3 is 0 Å². The minimum atomic E-state index is -0.833. The topological polar surface area (TPSA) is 120 Å². The van der Waals surface area contributed by atoms with Gasteiger partial charge in [-0.1, -0.05) is 11.6 Å². The highest BCUT2D eigenvalue weighted by molar-refractivity contribution is 6.30. The number of nitrogens with two attached hydrogens (primary N) is 1. The summed E-state index contributed by atoms with van der Waals surface area (Å²) in [4.78, 5) is 25.4. The van der Waals surface area contributed by atoms with Gasteiger partial charge in [0.25, 0.3) is 0 Å². The fourth-order valence-electron chi connectivity index (χ4n) is 5.02. The molecular weight excluding hydrogens is 492 g/mol. The van der Waals surface area contributed by atoms with Crippen molar-refractivity contribution in [2.24, 2.45) is 11.7 Å². The van der Waals surface area contributed by atoms with Crippen LogP contribution >= 0.6 is 11.6 Å². The molecule has 2 aliphatic rings. The predicted octanol–water partition coefficient (Wildman–Crippen LogP) is 4.70. The zero-order valence-corrected chi connectivity index (χ0v) is 20.4. The molecule has 1 saturated heterocycles. The Kier molecular flexibility index (Phi) is 7.20. The number of anilines is 3. The number of fused-ring (bicyclic) bond motifs is 1. The molecule has 5 rings (SSSR count). The van der Waals surface area contributed by atoms with E-state index in [0.29, 0.717) is 49.4 Å². The van der Waals surface area contributed by atoms with Crippen molar-refractivity contribution in [2.75, 3.05) is 23.8 Å². The number of halogens is 3. The number of nitrogens with one attached hydrogen (secondary N) is 2. The van der Waals surface area contributed by atoms with Gasteiger partial charge in [0.1, 0.15) is 11.2 Å². The first kappa shape index (κ1) is 24.6. The molecule has 1 saturated carbocycles. The zero-order valence-electron chi connectivity index (χ0n) is 19.6. The molecule has 0 spiro atoms. The summed E-state index contributed by atoms with van der Waals surface area (Å²) in [6.45, 7) is 1.42. The van der Waals surface area contributed by atoms with Crippen LogP contribution in [0.4, 0.5) is 26.4 Å². The minimum absolute atomic E-state index is 0.0423. The van der Waals surface area contributed by atoms with E-state index in [1.54, 1.807) is 6.20 Å². The maximum Gasteiger partial charge on any atom is 0.224 e. The lowest BCUT2D eigenvalue weighted by Crippen LogP contribution is -2.29. The molecule has 0 bridgehead atoms. The number of carbonyl (C=O) groups is 1. The maximum atomic E-state index is 14.6. The van der Waals surface area contributed by atoms with Gasteiger partial charge in [-0.15, -0.1) is 0 Å². The van der Waals surface area contributed by atoms with Gasteiger partial charge in [-0.3, -0.25) is 9.36 Å². The Morgan fingerprint density at radius 3 is 2.56 bits per heavy atom. The summed E-state index contributed by atoms with van der Waals surface area (Å²) >= 11 is 5.79. The van der Waals surface area contributed by atoms with Crippen molar-refractivity contribution in [1.29, 1.82) is 0 Å². The SMILES string of the molecule is NC(=O)[C@H]1CC[C@H](n2c(Nc3c(F)cc(Cl)cc3F)nc3cnc(NC4CCCOCC4)nc32)CC1. The van der Waals surface area contributed by atoms with E-state index in [-0.39, 0.29) is 40.6 Å². The lowest BCUT2D eigenvalue weighted by Gasteiger charge is -2.29. The largest absolute Gasteiger partial charge is 0.381 e. The van der Waals surface area contributed by atoms with Crippen molar-refractivity contribution >= 4 is 46.3 Å². The smallest absolute Gasteiger partial charge is 0.224 e. The van der Waals surface area contributed by atoms with Gasteiger partial charge in [0.2, 0.25) is 17.8 Å². The Labute approximate surface area is 211 Å². The molecule has 1 atom stereocenters. The molecule has 9 nitrogen and oxygen atoms in total. The van der Waals surface area contributed by atoms with Gasteiger partial charge in [0.05, 0.1) is 6.20 Å². The zero-order chi connectivity index (χ0) is 25.2. The van der Waals surface area contributed by atoms with Crippen LogP contribution < -0.4 is 16.4 Å². The van der Waals surface area contributed by atoms with Crippen molar-refractivity contribution in [3.8, 4) is 0 Å². The molecule has 3 heterocycles. The monoisotopic (exact) mass is 519 g/mol. The number of benzene rings is 1. The quantitative estimate of drug-likeness (QED) is 0.431. The third-order valence-corrected chi connectivity index (χ3v) is 7.14. The fraction of sp³-hybridized carbons (Fsp3) is 0.500. The minimum Gasteiger partial charge on any atom is -0.381 e. The molecule has 2 aromatic heterocycles. The predicted molar refractivity (Wildman–Crippen MR) is 132 cm³/mol. The number of rotatable bonds is 6. The molecule has 0 radical (unpaired) electrons. The Balaban J connectivity index is 1.51. The first-order chi connectivity index (χ1) is 17.4. The number of hydrogen-bond acceptors (Lipinski definition) is 7. The van der Waals surface area contributed by atoms with Crippen molar-refractivity contribution in [3.05, 3.63) is 35.0 Å². The Morgan fingerprint density at radius 2 is 1.83 bits per heavy atom. The van der Waals surface area contributed by atoms with Crippen molar-refractivity contribution in [2.45, 2.75) is 57.0 Å². The van der Waals surface area contributed by atoms with Crippen LogP contribution in [0.25, 0.3) is 11.2 Å². The van der Waals surface area contributed by atoms with E-state index in [0.717, 1.165) is 38.0 Å². The van der Waals surface area contributed by atoms with E-state index in [4.69, 9.17) is 27.1 Å². The second-order valence-electron chi connectivity index (χ2n) is 9.37. The van der Waals surface area contributed by atoms with E-state index < -0.39 is 11.6 Å². The van der Waals surface area contributed by atoms with Crippen LogP contribution in [0.2, 0.25) is 5.02 Å². The summed E-state index contributed by atoms with van der Waals surface area (Å²) in [6.07, 6.45) is 6.86. The first-order valence-corrected chi connectivity index (χ1v) is 12.6. The Hall–Kier alpha value is -3.05. The lowest BCUT2D eigenvalue weighted by molar-refractivity contribution is -0.122. The molecule has 1 aliphatic heterocycles. The van der Waals surface area contributed by atoms with Crippen molar-refractivity contribution in [1.82, 2.24) is 19.5 Å². The second kappa shape index (κ2) is 10.5. The highest BCUT2D eigenvalue weighted by Crippen LogP contribution is 2.37. The third-order valence-electron chi connectivity index (χ3n) is 6.93. The normalized spacial score (nSPS) is 22.8. The number of ether oxygens (including phenoxy) is 1. The summed E-state index contributed by atoms with van der Waals surface area (Å²) < 4.78 is 36.6. The van der Waals surface area contributed by atoms with Gasteiger partial charge in [0, 0.05) is 36.2 Å². The summed E-state index contributed by atoms with van der Waals surface area (Å²) in [6, 6.07) is 2.16. The van der Waals surface area contributed by atoms with Gasteiger partial charge < -0.3 is 21.1 Å². The number of primary amides is 1. The molecule has 3 aromatic rings. The summed E-state index contributed by atoms with van der Waals surface area (Å²) in [5.74, 6) is -1.48. The standard InChI is InChI=1S/C24H28ClF2N7O2/c25-14-10-17(26)20(18(27)11-14)32-24-31-19-12-29-23(30-15-2-1-8-36-9-7-15)33-22(19)34(24)16-5-3-13(4-6-16)21(28)35/h10-13,15-16H,1-9H2,(H2,28,35)(H,31,32)(H,29,30,33)/t13-,15?,16-. The molecule has 1 aliphatic carbocycles. The van der Waals surface area contributed by atoms with E-state index >= 15 is 0 Å². The molecule has 1 amide bonds. The molecule has 4 N–H and O–H groups in total. The maximum absolute atomic E-state index is 14.6. The van der Waals surface area contributed by atoms with Crippen LogP contribution in [-0.4, -0.2) is 44.7 Å². The Morgan fingerprint density at radius 1 is 1.08 bits per heavy atom. The number of nitrogens with zero attached hydrogens (tertiary/aromatic N) is 4. The van der Waals surface area contributed by atoms with Crippen LogP contribution in [0.15, 0.2) is 18.3 Å². The summed E-state index contributed by atoms with van der Waals surface area (Å²) in [5.41, 5.74) is 6.19. The summed E-state index contributed by atoms with van der Waals surface area (Å²) in [5, 5.41) is 6.16. The number of carbonyl (C=O) groups excluding carboxylic acids is 1. The lowest BCUT2D eigenvalue weighted by atomic mass is 9.85. The van der Waals surface area contributed by atoms with Crippen molar-refractivity contribution < 1.29 is 18.3 Å². The number of hydrogen-bond donors (Lipinski definition) is 3. The molecule has 192 valence electrons. The fourth-order valence-corrected chi connectivity index (χ4v) is 5.21. The van der Waals surface area contributed by atoms with Crippen LogP contribution in [0.3, 0.4) is 0 Å². The Bertz CT molecular complexity index is 1230. The number of aromatic nitrogens is 4. The number of imidazole rings is 1. The van der Waals surface area contributed by atoms with Crippen LogP contribution in [0.1, 0.15) is 51.0 Å². The second-order valence-corrected chi connectivity index (χ2v) is 9.81. The van der Waals surface area contributed by atoms with Gasteiger partial charge in [-0.05, 0) is 57.1 Å². The highest BCUT2D eigenvalue weighted by atomic mass is 35.5. The third kappa shape index (κ3) is 5.22. The van der Waals surface area contributed by atoms with E-state index in [9.17, 15) is 13.6 Å².